The lowest BCUT2D eigenvalue weighted by Crippen LogP contribution is -2.06. The molecule has 0 saturated heterocycles. The van der Waals surface area contributed by atoms with E-state index < -0.39 is 4.92 Å². The Hall–Kier alpha value is -3.60. The minimum atomic E-state index is -0.531. The van der Waals surface area contributed by atoms with Gasteiger partial charge >= 0.3 is 5.69 Å². The zero-order valence-electron chi connectivity index (χ0n) is 21.5. The van der Waals surface area contributed by atoms with Gasteiger partial charge in [-0.2, -0.15) is 0 Å². The van der Waals surface area contributed by atoms with Crippen LogP contribution in [0, 0.1) is 10.1 Å². The Labute approximate surface area is 211 Å². The predicted octanol–water partition coefficient (Wildman–Crippen LogP) is 5.23. The molecule has 2 aromatic carbocycles. The highest BCUT2D eigenvalue weighted by Gasteiger charge is 2.22. The van der Waals surface area contributed by atoms with E-state index in [1.165, 1.54) is 20.3 Å². The summed E-state index contributed by atoms with van der Waals surface area (Å²) < 4.78 is 37.4. The van der Waals surface area contributed by atoms with E-state index in [2.05, 4.69) is 6.08 Å². The molecule has 2 rings (SSSR count). The zero-order chi connectivity index (χ0) is 26.5. The summed E-state index contributed by atoms with van der Waals surface area (Å²) in [5.74, 6) is 1.39. The number of nitrogens with zero attached hydrogens (tertiary/aromatic N) is 1. The third kappa shape index (κ3) is 8.26. The largest absolute Gasteiger partial charge is 0.493 e. The molecule has 0 N–H and O–H groups in total. The lowest BCUT2D eigenvalue weighted by molar-refractivity contribution is -0.386. The monoisotopic (exact) mass is 503 g/mol. The molecule has 0 bridgehead atoms. The van der Waals surface area contributed by atoms with Gasteiger partial charge in [0.2, 0.25) is 5.75 Å². The summed E-state index contributed by atoms with van der Waals surface area (Å²) in [5, 5.41) is 11.7. The van der Waals surface area contributed by atoms with Crippen LogP contribution in [0.3, 0.4) is 0 Å². The first-order valence-electron chi connectivity index (χ1n) is 11.0. The molecule has 0 aromatic heterocycles. The molecular formula is C26H33NO9. The molecule has 0 aliphatic heterocycles. The lowest BCUT2D eigenvalue weighted by atomic mass is 10.0. The van der Waals surface area contributed by atoms with Crippen LogP contribution in [0.15, 0.2) is 35.9 Å². The topological polar surface area (TPSA) is 108 Å². The third-order valence-corrected chi connectivity index (χ3v) is 4.83. The molecule has 0 spiro atoms. The Morgan fingerprint density at radius 2 is 1.31 bits per heavy atom. The van der Waals surface area contributed by atoms with Gasteiger partial charge in [-0.15, -0.1) is 0 Å². The van der Waals surface area contributed by atoms with Gasteiger partial charge in [-0.25, -0.2) is 0 Å². The molecule has 0 aliphatic carbocycles. The van der Waals surface area contributed by atoms with E-state index in [9.17, 15) is 10.1 Å². The van der Waals surface area contributed by atoms with Crippen molar-refractivity contribution in [1.82, 2.24) is 0 Å². The number of allylic oxidation sites excluding steroid dienone is 2. The van der Waals surface area contributed by atoms with Gasteiger partial charge in [0.05, 0.1) is 12.0 Å². The molecule has 0 radical (unpaired) electrons. The fourth-order valence-electron chi connectivity index (χ4n) is 3.19. The van der Waals surface area contributed by atoms with Crippen LogP contribution in [0.5, 0.6) is 23.0 Å². The maximum absolute atomic E-state index is 11.7. The smallest absolute Gasteiger partial charge is 0.315 e. The molecule has 196 valence electrons. The van der Waals surface area contributed by atoms with E-state index in [0.29, 0.717) is 23.5 Å². The van der Waals surface area contributed by atoms with Crippen molar-refractivity contribution in [2.75, 3.05) is 48.8 Å². The standard InChI is InChI=1S/C26H33NO9/c1-18(2)7-10-21-23(34-15-30-3)12-20(13-24(21)35-16-31-4)9-8-19-11-22(27(28)29)26(36-17-32-5)25(14-19)33-6/h7-9,11-14H,10,15-17H2,1-6H3/b9-8+. The number of nitro benzene ring substituents is 1. The second kappa shape index (κ2) is 14.7. The summed E-state index contributed by atoms with van der Waals surface area (Å²) in [4.78, 5) is 11.1. The lowest BCUT2D eigenvalue weighted by Gasteiger charge is -2.16. The molecule has 0 fully saturated rings. The number of hydrogen-bond donors (Lipinski definition) is 0. The van der Waals surface area contributed by atoms with Gasteiger partial charge in [0.15, 0.2) is 26.1 Å². The Bertz CT molecular complexity index is 1050. The summed E-state index contributed by atoms with van der Waals surface area (Å²) in [6.07, 6.45) is 6.18. The van der Waals surface area contributed by atoms with Crippen LogP contribution in [0.25, 0.3) is 12.2 Å². The molecule has 0 amide bonds. The summed E-state index contributed by atoms with van der Waals surface area (Å²) in [5.41, 5.74) is 3.05. The minimum absolute atomic E-state index is 0.00405. The summed E-state index contributed by atoms with van der Waals surface area (Å²) >= 11 is 0. The van der Waals surface area contributed by atoms with Crippen molar-refractivity contribution in [1.29, 1.82) is 0 Å². The summed E-state index contributed by atoms with van der Waals surface area (Å²) in [6.45, 7) is 4.00. The number of benzene rings is 2. The highest BCUT2D eigenvalue weighted by Crippen LogP contribution is 2.39. The number of nitro groups is 1. The van der Waals surface area contributed by atoms with Gasteiger partial charge in [0.1, 0.15) is 11.5 Å². The molecule has 36 heavy (non-hydrogen) atoms. The SMILES string of the molecule is COCOc1cc(/C=C/c2cc(OC)c(OCOC)c([N+](=O)[O-])c2)cc(OCOC)c1CC=C(C)C. The third-order valence-electron chi connectivity index (χ3n) is 4.83. The van der Waals surface area contributed by atoms with E-state index in [0.717, 1.165) is 16.7 Å². The van der Waals surface area contributed by atoms with Crippen LogP contribution in [0.2, 0.25) is 0 Å². The molecule has 0 unspecified atom stereocenters. The molecule has 2 aromatic rings. The van der Waals surface area contributed by atoms with E-state index >= 15 is 0 Å². The van der Waals surface area contributed by atoms with Crippen molar-refractivity contribution in [3.05, 3.63) is 62.7 Å². The van der Waals surface area contributed by atoms with Gasteiger partial charge in [0.25, 0.3) is 0 Å². The Morgan fingerprint density at radius 1 is 0.806 bits per heavy atom. The second-order valence-electron chi connectivity index (χ2n) is 7.80. The first-order chi connectivity index (χ1) is 17.3. The van der Waals surface area contributed by atoms with Crippen molar-refractivity contribution in [2.45, 2.75) is 20.3 Å². The van der Waals surface area contributed by atoms with Crippen molar-refractivity contribution >= 4 is 17.8 Å². The average molecular weight is 504 g/mol. The number of rotatable bonds is 15. The highest BCUT2D eigenvalue weighted by molar-refractivity contribution is 5.75. The first kappa shape index (κ1) is 28.6. The molecule has 0 heterocycles. The van der Waals surface area contributed by atoms with Gasteiger partial charge in [-0.05, 0) is 49.6 Å². The van der Waals surface area contributed by atoms with Crippen molar-refractivity contribution < 1.29 is 38.1 Å². The van der Waals surface area contributed by atoms with Gasteiger partial charge < -0.3 is 33.2 Å². The fraction of sp³-hybridized carbons (Fsp3) is 0.385. The van der Waals surface area contributed by atoms with Crippen LogP contribution in [-0.4, -0.2) is 53.7 Å². The second-order valence-corrected chi connectivity index (χ2v) is 7.80. The van der Waals surface area contributed by atoms with Crippen molar-refractivity contribution in [3.8, 4) is 23.0 Å². The maximum atomic E-state index is 11.7. The number of methoxy groups -OCH3 is 4. The van der Waals surface area contributed by atoms with E-state index in [1.807, 2.05) is 26.0 Å². The van der Waals surface area contributed by atoms with Crippen LogP contribution in [-0.2, 0) is 20.6 Å². The zero-order valence-corrected chi connectivity index (χ0v) is 21.5. The Balaban J connectivity index is 2.53. The fourth-order valence-corrected chi connectivity index (χ4v) is 3.19. The summed E-state index contributed by atoms with van der Waals surface area (Å²) in [6, 6.07) is 6.75. The number of ether oxygens (including phenoxy) is 7. The Kier molecular flexibility index (Phi) is 11.7. The normalized spacial score (nSPS) is 10.8. The number of hydrogen-bond acceptors (Lipinski definition) is 9. The highest BCUT2D eigenvalue weighted by atomic mass is 16.7. The van der Waals surface area contributed by atoms with Crippen LogP contribution in [0.4, 0.5) is 5.69 Å². The molecular weight excluding hydrogens is 470 g/mol. The summed E-state index contributed by atoms with van der Waals surface area (Å²) in [7, 11) is 5.93. The molecule has 0 atom stereocenters. The van der Waals surface area contributed by atoms with Crippen molar-refractivity contribution in [2.24, 2.45) is 0 Å². The van der Waals surface area contributed by atoms with Gasteiger partial charge in [0, 0.05) is 33.0 Å². The Morgan fingerprint density at radius 3 is 1.78 bits per heavy atom. The van der Waals surface area contributed by atoms with Crippen LogP contribution >= 0.6 is 0 Å². The predicted molar refractivity (Wildman–Crippen MR) is 136 cm³/mol. The molecule has 0 saturated carbocycles. The van der Waals surface area contributed by atoms with E-state index in [-0.39, 0.29) is 37.6 Å². The first-order valence-corrected chi connectivity index (χ1v) is 11.0. The quantitative estimate of drug-likeness (QED) is 0.106. The average Bonchev–Trinajstić information content (AvgIpc) is 2.86. The van der Waals surface area contributed by atoms with Crippen LogP contribution in [0.1, 0.15) is 30.5 Å². The molecule has 10 heteroatoms. The van der Waals surface area contributed by atoms with Crippen molar-refractivity contribution in [3.63, 3.8) is 0 Å². The van der Waals surface area contributed by atoms with Gasteiger partial charge in [-0.1, -0.05) is 23.8 Å². The van der Waals surface area contributed by atoms with Crippen LogP contribution < -0.4 is 18.9 Å². The van der Waals surface area contributed by atoms with E-state index in [4.69, 9.17) is 33.2 Å². The van der Waals surface area contributed by atoms with Gasteiger partial charge in [-0.3, -0.25) is 10.1 Å². The molecule has 10 nitrogen and oxygen atoms in total. The molecule has 0 aliphatic rings. The maximum Gasteiger partial charge on any atom is 0.315 e. The minimum Gasteiger partial charge on any atom is -0.493 e. The van der Waals surface area contributed by atoms with E-state index in [1.54, 1.807) is 32.4 Å².